The highest BCUT2D eigenvalue weighted by Gasteiger charge is 2.42. The number of ether oxygens (including phenoxy) is 1. The summed E-state index contributed by atoms with van der Waals surface area (Å²) in [6.07, 6.45) is -1.03. The summed E-state index contributed by atoms with van der Waals surface area (Å²) in [5.74, 6) is 0.696. The van der Waals surface area contributed by atoms with E-state index in [0.29, 0.717) is 22.0 Å². The molecule has 170 valence electrons. The molecule has 1 N–H and O–H groups in total. The zero-order valence-corrected chi connectivity index (χ0v) is 19.1. The van der Waals surface area contributed by atoms with E-state index in [0.717, 1.165) is 22.3 Å². The third-order valence-electron chi connectivity index (χ3n) is 5.40. The van der Waals surface area contributed by atoms with Crippen LogP contribution in [0.15, 0.2) is 36.4 Å². The van der Waals surface area contributed by atoms with Crippen LogP contribution in [0.1, 0.15) is 31.9 Å². The first-order chi connectivity index (χ1) is 15.0. The van der Waals surface area contributed by atoms with Crippen LogP contribution in [0.25, 0.3) is 16.7 Å². The van der Waals surface area contributed by atoms with E-state index in [1.807, 2.05) is 36.4 Å². The molecule has 4 rings (SSSR count). The Labute approximate surface area is 186 Å². The number of nitrogens with zero attached hydrogens (tertiary/aromatic N) is 5. The molecule has 1 aliphatic rings. The van der Waals surface area contributed by atoms with Crippen molar-refractivity contribution in [2.45, 2.75) is 39.3 Å². The maximum atomic E-state index is 13.1. The molecule has 1 aliphatic heterocycles. The molecule has 2 aromatic carbocycles. The fraction of sp³-hybridized carbons (Fsp3) is 0.381. The topological polar surface area (TPSA) is 118 Å². The standard InChI is InChI=1S/C21H25N5O5S/c1-21(2,3)26(20(27)28)32(29,30)24-10-9-14-11-16(6-5-15(14)13-24)25-19-8-7-17(31-4)12-18(19)22-23-25/h5-8,11-12H,9-10,13H2,1-4H3,(H,27,28). The lowest BCUT2D eigenvalue weighted by Crippen LogP contribution is -2.55. The van der Waals surface area contributed by atoms with Crippen molar-refractivity contribution in [2.75, 3.05) is 13.7 Å². The summed E-state index contributed by atoms with van der Waals surface area (Å²) >= 11 is 0. The largest absolute Gasteiger partial charge is 0.497 e. The fourth-order valence-electron chi connectivity index (χ4n) is 3.91. The van der Waals surface area contributed by atoms with Gasteiger partial charge >= 0.3 is 16.3 Å². The van der Waals surface area contributed by atoms with Crippen LogP contribution < -0.4 is 4.74 Å². The first kappa shape index (κ1) is 22.0. The first-order valence-corrected chi connectivity index (χ1v) is 11.5. The normalized spacial score (nSPS) is 14.9. The van der Waals surface area contributed by atoms with Crippen molar-refractivity contribution in [3.63, 3.8) is 0 Å². The number of amides is 1. The predicted molar refractivity (Wildman–Crippen MR) is 118 cm³/mol. The summed E-state index contributed by atoms with van der Waals surface area (Å²) in [5, 5.41) is 18.0. The summed E-state index contributed by atoms with van der Waals surface area (Å²) in [4.78, 5) is 11.7. The number of carboxylic acid groups (broad SMARTS) is 1. The zero-order valence-electron chi connectivity index (χ0n) is 18.3. The summed E-state index contributed by atoms with van der Waals surface area (Å²) in [5.41, 5.74) is 3.07. The van der Waals surface area contributed by atoms with Crippen LogP contribution in [-0.4, -0.2) is 62.4 Å². The highest BCUT2D eigenvalue weighted by Crippen LogP contribution is 2.29. The Hall–Kier alpha value is -3.18. The van der Waals surface area contributed by atoms with Gasteiger partial charge in [-0.3, -0.25) is 0 Å². The summed E-state index contributed by atoms with van der Waals surface area (Å²) < 4.78 is 34.8. The van der Waals surface area contributed by atoms with E-state index >= 15 is 0 Å². The number of rotatable bonds is 4. The van der Waals surface area contributed by atoms with E-state index < -0.39 is 21.8 Å². The molecule has 0 saturated heterocycles. The Morgan fingerprint density at radius 1 is 1.16 bits per heavy atom. The number of hydrogen-bond acceptors (Lipinski definition) is 6. The fourth-order valence-corrected chi connectivity index (χ4v) is 5.66. The Kier molecular flexibility index (Phi) is 5.33. The zero-order chi connectivity index (χ0) is 23.3. The molecule has 0 atom stereocenters. The summed E-state index contributed by atoms with van der Waals surface area (Å²) in [6, 6.07) is 11.2. The minimum Gasteiger partial charge on any atom is -0.497 e. The molecule has 0 bridgehead atoms. The number of methoxy groups -OCH3 is 1. The molecule has 0 spiro atoms. The maximum Gasteiger partial charge on any atom is 0.422 e. The SMILES string of the molecule is COc1ccc2c(c1)nnn2-c1ccc2c(c1)CCN(S(=O)(=O)N(C(=O)O)C(C)(C)C)C2. The van der Waals surface area contributed by atoms with Gasteiger partial charge in [0, 0.05) is 19.2 Å². The molecule has 0 unspecified atom stereocenters. The Morgan fingerprint density at radius 3 is 2.56 bits per heavy atom. The highest BCUT2D eigenvalue weighted by molar-refractivity contribution is 7.87. The molecular weight excluding hydrogens is 434 g/mol. The molecule has 0 radical (unpaired) electrons. The highest BCUT2D eigenvalue weighted by atomic mass is 32.2. The molecule has 1 amide bonds. The second-order valence-electron chi connectivity index (χ2n) is 8.62. The molecule has 3 aromatic rings. The molecule has 0 saturated carbocycles. The van der Waals surface area contributed by atoms with E-state index in [2.05, 4.69) is 10.3 Å². The lowest BCUT2D eigenvalue weighted by molar-refractivity contribution is 0.141. The van der Waals surface area contributed by atoms with Gasteiger partial charge < -0.3 is 9.84 Å². The number of carbonyl (C=O) groups is 1. The van der Waals surface area contributed by atoms with Gasteiger partial charge in [0.25, 0.3) is 0 Å². The smallest absolute Gasteiger partial charge is 0.422 e. The molecule has 11 heteroatoms. The van der Waals surface area contributed by atoms with Crippen molar-refractivity contribution in [1.82, 2.24) is 23.6 Å². The second-order valence-corrected chi connectivity index (χ2v) is 10.4. The van der Waals surface area contributed by atoms with Crippen LogP contribution in [-0.2, 0) is 23.2 Å². The van der Waals surface area contributed by atoms with Crippen molar-refractivity contribution < 1.29 is 23.1 Å². The van der Waals surface area contributed by atoms with E-state index in [4.69, 9.17) is 4.74 Å². The average Bonchev–Trinajstić information content (AvgIpc) is 3.14. The Bertz CT molecular complexity index is 1300. The van der Waals surface area contributed by atoms with Gasteiger partial charge in [-0.15, -0.1) is 5.10 Å². The first-order valence-electron chi connectivity index (χ1n) is 10.1. The number of fused-ring (bicyclic) bond motifs is 2. The van der Waals surface area contributed by atoms with E-state index in [-0.39, 0.29) is 13.1 Å². The average molecular weight is 460 g/mol. The molecule has 2 heterocycles. The Balaban J connectivity index is 1.64. The minimum atomic E-state index is -4.18. The molecule has 10 nitrogen and oxygen atoms in total. The quantitative estimate of drug-likeness (QED) is 0.637. The minimum absolute atomic E-state index is 0.104. The van der Waals surface area contributed by atoms with Gasteiger partial charge in [0.05, 0.1) is 23.9 Å². The van der Waals surface area contributed by atoms with Gasteiger partial charge in [-0.25, -0.2) is 9.48 Å². The molecule has 0 aliphatic carbocycles. The predicted octanol–water partition coefficient (Wildman–Crippen LogP) is 2.81. The third kappa shape index (κ3) is 3.78. The van der Waals surface area contributed by atoms with Crippen LogP contribution in [0, 0.1) is 0 Å². The van der Waals surface area contributed by atoms with Crippen molar-refractivity contribution in [3.05, 3.63) is 47.5 Å². The van der Waals surface area contributed by atoms with Gasteiger partial charge in [0.1, 0.15) is 11.3 Å². The van der Waals surface area contributed by atoms with Crippen LogP contribution in [0.3, 0.4) is 0 Å². The maximum absolute atomic E-state index is 13.1. The van der Waals surface area contributed by atoms with Crippen molar-refractivity contribution in [2.24, 2.45) is 0 Å². The lowest BCUT2D eigenvalue weighted by Gasteiger charge is -2.37. The van der Waals surface area contributed by atoms with Gasteiger partial charge in [-0.1, -0.05) is 11.3 Å². The molecule has 0 fully saturated rings. The lowest BCUT2D eigenvalue weighted by atomic mass is 10.0. The van der Waals surface area contributed by atoms with Crippen LogP contribution in [0.5, 0.6) is 5.75 Å². The van der Waals surface area contributed by atoms with Gasteiger partial charge in [0.15, 0.2) is 0 Å². The van der Waals surface area contributed by atoms with E-state index in [1.54, 1.807) is 32.6 Å². The van der Waals surface area contributed by atoms with E-state index in [1.165, 1.54) is 4.31 Å². The van der Waals surface area contributed by atoms with E-state index in [9.17, 15) is 18.3 Å². The van der Waals surface area contributed by atoms with Crippen LogP contribution in [0.2, 0.25) is 0 Å². The molecule has 32 heavy (non-hydrogen) atoms. The Morgan fingerprint density at radius 2 is 1.91 bits per heavy atom. The monoisotopic (exact) mass is 459 g/mol. The third-order valence-corrected chi connectivity index (χ3v) is 7.53. The summed E-state index contributed by atoms with van der Waals surface area (Å²) in [7, 11) is -2.59. The van der Waals surface area contributed by atoms with Crippen molar-refractivity contribution in [3.8, 4) is 11.4 Å². The molecule has 1 aromatic heterocycles. The number of aromatic nitrogens is 3. The number of hydrogen-bond donors (Lipinski definition) is 1. The van der Waals surface area contributed by atoms with Gasteiger partial charge in [-0.05, 0) is 62.6 Å². The number of benzene rings is 2. The van der Waals surface area contributed by atoms with Gasteiger partial charge in [0.2, 0.25) is 0 Å². The van der Waals surface area contributed by atoms with Gasteiger partial charge in [-0.2, -0.15) is 17.0 Å². The second kappa shape index (κ2) is 7.75. The molecular formula is C21H25N5O5S. The van der Waals surface area contributed by atoms with Crippen LogP contribution >= 0.6 is 0 Å². The van der Waals surface area contributed by atoms with Crippen LogP contribution in [0.4, 0.5) is 4.79 Å². The summed E-state index contributed by atoms with van der Waals surface area (Å²) in [6.45, 7) is 4.96. The van der Waals surface area contributed by atoms with Crippen molar-refractivity contribution in [1.29, 1.82) is 0 Å². The van der Waals surface area contributed by atoms with Crippen molar-refractivity contribution >= 4 is 27.3 Å².